The zero-order valence-electron chi connectivity index (χ0n) is 15.4. The van der Waals surface area contributed by atoms with Crippen LogP contribution in [0, 0.1) is 11.8 Å². The Morgan fingerprint density at radius 3 is 2.74 bits per heavy atom. The van der Waals surface area contributed by atoms with Crippen LogP contribution in [-0.4, -0.2) is 63.0 Å². The topological polar surface area (TPSA) is 46.1 Å². The van der Waals surface area contributed by atoms with E-state index in [4.69, 9.17) is 14.5 Å². The van der Waals surface area contributed by atoms with E-state index in [1.165, 1.54) is 12.8 Å². The molecular formula is C18H35N3O2. The third kappa shape index (κ3) is 5.35. The molecule has 1 atom stereocenters. The molecule has 2 rings (SSSR count). The minimum absolute atomic E-state index is 0.143. The van der Waals surface area contributed by atoms with E-state index in [9.17, 15) is 0 Å². The SMILES string of the molecule is CCNC(=NCC1(OC)CCOCC1)N1CCC(CC(C)C)C1. The van der Waals surface area contributed by atoms with E-state index in [1.54, 1.807) is 0 Å². The number of aliphatic imine (C=N–C) groups is 1. The Hall–Kier alpha value is -0.810. The standard InChI is InChI=1S/C18H35N3O2/c1-5-19-17(21-9-6-16(13-21)12-15(2)3)20-14-18(22-4)7-10-23-11-8-18/h15-16H,5-14H2,1-4H3,(H,19,20). The first-order valence-electron chi connectivity index (χ1n) is 9.24. The number of nitrogens with zero attached hydrogens (tertiary/aromatic N) is 2. The number of likely N-dealkylation sites (tertiary alicyclic amines) is 1. The van der Waals surface area contributed by atoms with E-state index in [0.29, 0.717) is 0 Å². The van der Waals surface area contributed by atoms with E-state index in [0.717, 1.165) is 70.0 Å². The average molecular weight is 325 g/mol. The molecule has 5 heteroatoms. The second kappa shape index (κ2) is 8.88. The molecule has 0 radical (unpaired) electrons. The van der Waals surface area contributed by atoms with Crippen LogP contribution in [0.4, 0.5) is 0 Å². The summed E-state index contributed by atoms with van der Waals surface area (Å²) in [5.74, 6) is 2.64. The predicted molar refractivity (Wildman–Crippen MR) is 94.9 cm³/mol. The van der Waals surface area contributed by atoms with Gasteiger partial charge in [-0.3, -0.25) is 4.99 Å². The Kier molecular flexibility index (Phi) is 7.15. The summed E-state index contributed by atoms with van der Waals surface area (Å²) < 4.78 is 11.3. The van der Waals surface area contributed by atoms with Crippen LogP contribution in [0.5, 0.6) is 0 Å². The largest absolute Gasteiger partial charge is 0.381 e. The molecule has 5 nitrogen and oxygen atoms in total. The van der Waals surface area contributed by atoms with E-state index in [1.807, 2.05) is 7.11 Å². The highest BCUT2D eigenvalue weighted by molar-refractivity contribution is 5.80. The molecule has 0 spiro atoms. The summed E-state index contributed by atoms with van der Waals surface area (Å²) >= 11 is 0. The van der Waals surface area contributed by atoms with Crippen LogP contribution in [0.25, 0.3) is 0 Å². The second-order valence-electron chi connectivity index (χ2n) is 7.40. The Morgan fingerprint density at radius 2 is 2.13 bits per heavy atom. The molecule has 2 aliphatic heterocycles. The summed E-state index contributed by atoms with van der Waals surface area (Å²) in [6.45, 7) is 12.2. The van der Waals surface area contributed by atoms with Crippen molar-refractivity contribution in [1.29, 1.82) is 0 Å². The molecule has 0 amide bonds. The Bertz CT molecular complexity index is 378. The lowest BCUT2D eigenvalue weighted by atomic mass is 9.94. The number of hydrogen-bond acceptors (Lipinski definition) is 3. The predicted octanol–water partition coefficient (Wildman–Crippen LogP) is 2.52. The number of hydrogen-bond donors (Lipinski definition) is 1. The Balaban J connectivity index is 1.97. The van der Waals surface area contributed by atoms with Crippen molar-refractivity contribution in [2.75, 3.05) is 46.5 Å². The first-order chi connectivity index (χ1) is 11.1. The lowest BCUT2D eigenvalue weighted by molar-refractivity contribution is -0.0829. The number of methoxy groups -OCH3 is 1. The van der Waals surface area contributed by atoms with Gasteiger partial charge in [-0.1, -0.05) is 13.8 Å². The van der Waals surface area contributed by atoms with Crippen molar-refractivity contribution >= 4 is 5.96 Å². The lowest BCUT2D eigenvalue weighted by Crippen LogP contribution is -2.44. The maximum atomic E-state index is 5.81. The van der Waals surface area contributed by atoms with Crippen molar-refractivity contribution in [3.63, 3.8) is 0 Å². The van der Waals surface area contributed by atoms with Crippen molar-refractivity contribution in [3.05, 3.63) is 0 Å². The first kappa shape index (κ1) is 18.5. The summed E-state index contributed by atoms with van der Waals surface area (Å²) in [4.78, 5) is 7.36. The number of rotatable bonds is 6. The quantitative estimate of drug-likeness (QED) is 0.602. The third-order valence-electron chi connectivity index (χ3n) is 5.08. The lowest BCUT2D eigenvalue weighted by Gasteiger charge is -2.35. The fourth-order valence-electron chi connectivity index (χ4n) is 3.70. The maximum Gasteiger partial charge on any atom is 0.194 e. The van der Waals surface area contributed by atoms with Crippen molar-refractivity contribution in [2.24, 2.45) is 16.8 Å². The molecule has 23 heavy (non-hydrogen) atoms. The molecule has 134 valence electrons. The first-order valence-corrected chi connectivity index (χ1v) is 9.24. The van der Waals surface area contributed by atoms with Crippen LogP contribution < -0.4 is 5.32 Å². The molecule has 0 aromatic carbocycles. The molecular weight excluding hydrogens is 290 g/mol. The van der Waals surface area contributed by atoms with Gasteiger partial charge in [0.25, 0.3) is 0 Å². The van der Waals surface area contributed by atoms with Gasteiger partial charge in [0.2, 0.25) is 0 Å². The minimum atomic E-state index is -0.143. The van der Waals surface area contributed by atoms with E-state index in [2.05, 4.69) is 31.0 Å². The van der Waals surface area contributed by atoms with Gasteiger partial charge in [-0.05, 0) is 31.6 Å². The van der Waals surface area contributed by atoms with Gasteiger partial charge in [-0.15, -0.1) is 0 Å². The summed E-state index contributed by atoms with van der Waals surface area (Å²) in [5.41, 5.74) is -0.143. The van der Waals surface area contributed by atoms with E-state index in [-0.39, 0.29) is 5.60 Å². The summed E-state index contributed by atoms with van der Waals surface area (Å²) in [5, 5.41) is 3.47. The number of ether oxygens (including phenoxy) is 2. The zero-order chi connectivity index (χ0) is 16.7. The average Bonchev–Trinajstić information content (AvgIpc) is 3.00. The van der Waals surface area contributed by atoms with E-state index >= 15 is 0 Å². The second-order valence-corrected chi connectivity index (χ2v) is 7.40. The van der Waals surface area contributed by atoms with Crippen molar-refractivity contribution < 1.29 is 9.47 Å². The van der Waals surface area contributed by atoms with Gasteiger partial charge in [0, 0.05) is 52.8 Å². The van der Waals surface area contributed by atoms with Crippen LogP contribution in [-0.2, 0) is 9.47 Å². The van der Waals surface area contributed by atoms with Gasteiger partial charge in [-0.2, -0.15) is 0 Å². The van der Waals surface area contributed by atoms with Crippen LogP contribution >= 0.6 is 0 Å². The van der Waals surface area contributed by atoms with Crippen molar-refractivity contribution in [2.45, 2.75) is 52.1 Å². The molecule has 0 saturated carbocycles. The normalized spacial score (nSPS) is 25.2. The van der Waals surface area contributed by atoms with E-state index < -0.39 is 0 Å². The monoisotopic (exact) mass is 325 g/mol. The van der Waals surface area contributed by atoms with Gasteiger partial charge in [0.1, 0.15) is 0 Å². The Morgan fingerprint density at radius 1 is 1.39 bits per heavy atom. The summed E-state index contributed by atoms with van der Waals surface area (Å²) in [6, 6.07) is 0. The molecule has 1 unspecified atom stereocenters. The minimum Gasteiger partial charge on any atom is -0.381 e. The van der Waals surface area contributed by atoms with Gasteiger partial charge in [0.15, 0.2) is 5.96 Å². The fraction of sp³-hybridized carbons (Fsp3) is 0.944. The zero-order valence-corrected chi connectivity index (χ0v) is 15.4. The number of guanidine groups is 1. The van der Waals surface area contributed by atoms with Crippen molar-refractivity contribution in [1.82, 2.24) is 10.2 Å². The Labute approximate surface area is 141 Å². The highest BCUT2D eigenvalue weighted by Crippen LogP contribution is 2.26. The molecule has 2 aliphatic rings. The summed E-state index contributed by atoms with van der Waals surface area (Å²) in [6.07, 6.45) is 4.46. The molecule has 2 saturated heterocycles. The van der Waals surface area contributed by atoms with Crippen LogP contribution in [0.3, 0.4) is 0 Å². The molecule has 1 N–H and O–H groups in total. The molecule has 0 bridgehead atoms. The molecule has 0 aliphatic carbocycles. The smallest absolute Gasteiger partial charge is 0.194 e. The third-order valence-corrected chi connectivity index (χ3v) is 5.08. The molecule has 0 aromatic heterocycles. The van der Waals surface area contributed by atoms with Gasteiger partial charge in [-0.25, -0.2) is 0 Å². The highest BCUT2D eigenvalue weighted by atomic mass is 16.5. The van der Waals surface area contributed by atoms with Crippen LogP contribution in [0.2, 0.25) is 0 Å². The summed E-state index contributed by atoms with van der Waals surface area (Å²) in [7, 11) is 1.81. The van der Waals surface area contributed by atoms with Crippen LogP contribution in [0.1, 0.15) is 46.5 Å². The van der Waals surface area contributed by atoms with Gasteiger partial charge >= 0.3 is 0 Å². The molecule has 2 fully saturated rings. The van der Waals surface area contributed by atoms with Crippen LogP contribution in [0.15, 0.2) is 4.99 Å². The molecule has 2 heterocycles. The molecule has 0 aromatic rings. The maximum absolute atomic E-state index is 5.81. The number of nitrogens with one attached hydrogen (secondary N) is 1. The van der Waals surface area contributed by atoms with Gasteiger partial charge in [0.05, 0.1) is 12.1 Å². The fourth-order valence-corrected chi connectivity index (χ4v) is 3.70. The van der Waals surface area contributed by atoms with Gasteiger partial charge < -0.3 is 19.7 Å². The highest BCUT2D eigenvalue weighted by Gasteiger charge is 2.33. The van der Waals surface area contributed by atoms with Crippen molar-refractivity contribution in [3.8, 4) is 0 Å².